The van der Waals surface area contributed by atoms with Crippen molar-refractivity contribution in [2.24, 2.45) is 5.92 Å². The maximum atomic E-state index is 13.2. The second kappa shape index (κ2) is 10.5. The van der Waals surface area contributed by atoms with E-state index in [1.54, 1.807) is 7.11 Å². The zero-order valence-electron chi connectivity index (χ0n) is 17.6. The van der Waals surface area contributed by atoms with E-state index in [1.807, 2.05) is 54.6 Å². The molecule has 0 spiro atoms. The molecule has 0 saturated carbocycles. The Kier molecular flexibility index (Phi) is 7.71. The monoisotopic (exact) mass is 425 g/mol. The quantitative estimate of drug-likeness (QED) is 0.410. The molecular weight excluding hydrogens is 398 g/mol. The van der Waals surface area contributed by atoms with Gasteiger partial charge < -0.3 is 9.47 Å². The molecule has 3 rings (SSSR count). The van der Waals surface area contributed by atoms with Crippen LogP contribution in [0.5, 0.6) is 5.75 Å². The van der Waals surface area contributed by atoms with Gasteiger partial charge in [-0.2, -0.15) is 0 Å². The summed E-state index contributed by atoms with van der Waals surface area (Å²) < 4.78 is 10.8. The van der Waals surface area contributed by atoms with Crippen molar-refractivity contribution in [3.63, 3.8) is 0 Å². The molecule has 0 atom stereocenters. The molecule has 158 valence electrons. The SMILES string of the molecule is COCCCN1C(=O)C(Sc2ccccc2)=C(c2ccc(OCC(C)C)cc2)C1=O. The number of benzene rings is 2. The van der Waals surface area contributed by atoms with Crippen LogP contribution < -0.4 is 4.74 Å². The fourth-order valence-corrected chi connectivity index (χ4v) is 4.09. The van der Waals surface area contributed by atoms with Crippen LogP contribution in [0.2, 0.25) is 0 Å². The molecule has 1 aliphatic rings. The van der Waals surface area contributed by atoms with Crippen LogP contribution in [0.25, 0.3) is 5.57 Å². The number of amides is 2. The topological polar surface area (TPSA) is 55.8 Å². The third kappa shape index (κ3) is 5.32. The predicted molar refractivity (Wildman–Crippen MR) is 119 cm³/mol. The summed E-state index contributed by atoms with van der Waals surface area (Å²) in [7, 11) is 1.61. The molecule has 0 unspecified atom stereocenters. The van der Waals surface area contributed by atoms with Crippen molar-refractivity contribution in [2.75, 3.05) is 26.9 Å². The van der Waals surface area contributed by atoms with Crippen molar-refractivity contribution < 1.29 is 19.1 Å². The standard InChI is InChI=1S/C24H27NO4S/c1-17(2)16-29-19-12-10-18(11-13-19)21-22(30-20-8-5-4-6-9-20)24(27)25(23(21)26)14-7-15-28-3/h4-6,8-13,17H,7,14-16H2,1-3H3. The van der Waals surface area contributed by atoms with Crippen LogP contribution in [0.15, 0.2) is 64.4 Å². The Balaban J connectivity index is 1.90. The van der Waals surface area contributed by atoms with E-state index in [0.717, 1.165) is 16.2 Å². The number of imide groups is 1. The van der Waals surface area contributed by atoms with Crippen molar-refractivity contribution in [1.29, 1.82) is 0 Å². The minimum absolute atomic E-state index is 0.250. The Bertz CT molecular complexity index is 907. The van der Waals surface area contributed by atoms with Gasteiger partial charge in [0, 0.05) is 25.2 Å². The molecule has 0 N–H and O–H groups in total. The molecule has 0 radical (unpaired) electrons. The molecule has 0 bridgehead atoms. The lowest BCUT2D eigenvalue weighted by atomic mass is 10.1. The third-order valence-electron chi connectivity index (χ3n) is 4.55. The first kappa shape index (κ1) is 22.1. The second-order valence-corrected chi connectivity index (χ2v) is 8.54. The first-order chi connectivity index (χ1) is 14.5. The lowest BCUT2D eigenvalue weighted by Gasteiger charge is -2.14. The van der Waals surface area contributed by atoms with Crippen LogP contribution in [-0.4, -0.2) is 43.6 Å². The molecule has 0 aliphatic carbocycles. The minimum atomic E-state index is -0.259. The molecule has 2 aromatic carbocycles. The van der Waals surface area contributed by atoms with Gasteiger partial charge in [0.2, 0.25) is 0 Å². The number of nitrogens with zero attached hydrogens (tertiary/aromatic N) is 1. The number of methoxy groups -OCH3 is 1. The summed E-state index contributed by atoms with van der Waals surface area (Å²) >= 11 is 1.33. The lowest BCUT2D eigenvalue weighted by Crippen LogP contribution is -2.33. The molecule has 6 heteroatoms. The normalized spacial score (nSPS) is 14.2. The summed E-state index contributed by atoms with van der Waals surface area (Å²) in [4.78, 5) is 29.0. The van der Waals surface area contributed by atoms with Gasteiger partial charge in [-0.3, -0.25) is 14.5 Å². The third-order valence-corrected chi connectivity index (χ3v) is 5.64. The summed E-state index contributed by atoms with van der Waals surface area (Å²) in [6.45, 7) is 5.64. The zero-order chi connectivity index (χ0) is 21.5. The lowest BCUT2D eigenvalue weighted by molar-refractivity contribution is -0.136. The maximum Gasteiger partial charge on any atom is 0.268 e. The number of hydrogen-bond donors (Lipinski definition) is 0. The van der Waals surface area contributed by atoms with E-state index in [1.165, 1.54) is 16.7 Å². The Morgan fingerprint density at radius 2 is 1.67 bits per heavy atom. The van der Waals surface area contributed by atoms with Gasteiger partial charge in [-0.25, -0.2) is 0 Å². The van der Waals surface area contributed by atoms with Crippen LogP contribution in [0.3, 0.4) is 0 Å². The highest BCUT2D eigenvalue weighted by Gasteiger charge is 2.39. The van der Waals surface area contributed by atoms with Crippen molar-refractivity contribution >= 4 is 29.1 Å². The van der Waals surface area contributed by atoms with Gasteiger partial charge in [0.15, 0.2) is 0 Å². The van der Waals surface area contributed by atoms with E-state index in [-0.39, 0.29) is 11.8 Å². The second-order valence-electron chi connectivity index (χ2n) is 7.46. The van der Waals surface area contributed by atoms with E-state index in [0.29, 0.717) is 42.6 Å². The van der Waals surface area contributed by atoms with Gasteiger partial charge in [-0.1, -0.05) is 55.9 Å². The van der Waals surface area contributed by atoms with Crippen LogP contribution in [0.1, 0.15) is 25.8 Å². The molecule has 2 aromatic rings. The van der Waals surface area contributed by atoms with E-state index < -0.39 is 0 Å². The molecule has 30 heavy (non-hydrogen) atoms. The number of ether oxygens (including phenoxy) is 2. The average Bonchev–Trinajstić information content (AvgIpc) is 2.98. The highest BCUT2D eigenvalue weighted by Crippen LogP contribution is 2.40. The van der Waals surface area contributed by atoms with Gasteiger partial charge in [0.1, 0.15) is 5.75 Å². The predicted octanol–water partition coefficient (Wildman–Crippen LogP) is 4.63. The first-order valence-electron chi connectivity index (χ1n) is 10.1. The number of rotatable bonds is 10. The van der Waals surface area contributed by atoms with Crippen LogP contribution in [-0.2, 0) is 14.3 Å². The first-order valence-corrected chi connectivity index (χ1v) is 10.9. The van der Waals surface area contributed by atoms with Crippen LogP contribution in [0.4, 0.5) is 0 Å². The fraction of sp³-hybridized carbons (Fsp3) is 0.333. The van der Waals surface area contributed by atoms with Crippen molar-refractivity contribution in [3.05, 3.63) is 65.1 Å². The average molecular weight is 426 g/mol. The fourth-order valence-electron chi connectivity index (χ4n) is 3.06. The number of thioether (sulfide) groups is 1. The van der Waals surface area contributed by atoms with Crippen molar-refractivity contribution in [3.8, 4) is 5.75 Å². The zero-order valence-corrected chi connectivity index (χ0v) is 18.4. The molecule has 1 aliphatic heterocycles. The van der Waals surface area contributed by atoms with Gasteiger partial charge in [-0.05, 0) is 42.2 Å². The van der Waals surface area contributed by atoms with E-state index in [2.05, 4.69) is 13.8 Å². The summed E-state index contributed by atoms with van der Waals surface area (Å²) in [6, 6.07) is 17.0. The highest BCUT2D eigenvalue weighted by atomic mass is 32.2. The molecule has 5 nitrogen and oxygen atoms in total. The molecule has 0 fully saturated rings. The van der Waals surface area contributed by atoms with Gasteiger partial charge >= 0.3 is 0 Å². The molecule has 2 amide bonds. The van der Waals surface area contributed by atoms with E-state index in [9.17, 15) is 9.59 Å². The van der Waals surface area contributed by atoms with Crippen LogP contribution >= 0.6 is 11.8 Å². The Morgan fingerprint density at radius 1 is 0.967 bits per heavy atom. The number of hydrogen-bond acceptors (Lipinski definition) is 5. The van der Waals surface area contributed by atoms with Crippen molar-refractivity contribution in [1.82, 2.24) is 4.90 Å². The Hall–Kier alpha value is -2.57. The van der Waals surface area contributed by atoms with Crippen LogP contribution in [0, 0.1) is 5.92 Å². The summed E-state index contributed by atoms with van der Waals surface area (Å²) in [5.41, 5.74) is 1.17. The van der Waals surface area contributed by atoms with E-state index in [4.69, 9.17) is 9.47 Å². The molecule has 0 aromatic heterocycles. The molecule has 0 saturated heterocycles. The smallest absolute Gasteiger partial charge is 0.268 e. The largest absolute Gasteiger partial charge is 0.493 e. The summed E-state index contributed by atoms with van der Waals surface area (Å²) in [6.07, 6.45) is 0.604. The number of carbonyl (C=O) groups excluding carboxylic acids is 2. The minimum Gasteiger partial charge on any atom is -0.493 e. The molecule has 1 heterocycles. The summed E-state index contributed by atoms with van der Waals surface area (Å²) in [5, 5.41) is 0. The van der Waals surface area contributed by atoms with E-state index >= 15 is 0 Å². The summed E-state index contributed by atoms with van der Waals surface area (Å²) in [5.74, 6) is 0.667. The number of carbonyl (C=O) groups is 2. The van der Waals surface area contributed by atoms with Gasteiger partial charge in [-0.15, -0.1) is 0 Å². The maximum absolute atomic E-state index is 13.2. The van der Waals surface area contributed by atoms with Gasteiger partial charge in [0.25, 0.3) is 11.8 Å². The highest BCUT2D eigenvalue weighted by molar-refractivity contribution is 8.04. The van der Waals surface area contributed by atoms with Gasteiger partial charge in [0.05, 0.1) is 17.1 Å². The Morgan fingerprint density at radius 3 is 2.30 bits per heavy atom. The molecular formula is C24H27NO4S. The Labute approximate surface area is 182 Å². The van der Waals surface area contributed by atoms with Crippen molar-refractivity contribution in [2.45, 2.75) is 25.2 Å².